The van der Waals surface area contributed by atoms with E-state index in [0.717, 1.165) is 5.56 Å². The molecule has 1 aliphatic heterocycles. The van der Waals surface area contributed by atoms with Crippen LogP contribution in [0.15, 0.2) is 48.9 Å². The van der Waals surface area contributed by atoms with E-state index in [1.54, 1.807) is 35.6 Å². The van der Waals surface area contributed by atoms with Gasteiger partial charge < -0.3 is 4.90 Å². The smallest absolute Gasteiger partial charge is 0.319 e. The highest BCUT2D eigenvalue weighted by atomic mass is 16.2. The summed E-state index contributed by atoms with van der Waals surface area (Å²) in [6.07, 6.45) is 5.32. The number of aromatic nitrogens is 5. The van der Waals surface area contributed by atoms with Crippen molar-refractivity contribution in [3.63, 3.8) is 0 Å². The van der Waals surface area contributed by atoms with Gasteiger partial charge in [-0.15, -0.1) is 0 Å². The van der Waals surface area contributed by atoms with Crippen molar-refractivity contribution in [2.75, 3.05) is 6.54 Å². The van der Waals surface area contributed by atoms with Crippen molar-refractivity contribution in [3.8, 4) is 11.5 Å². The first-order chi connectivity index (χ1) is 13.2. The second kappa shape index (κ2) is 7.32. The predicted molar refractivity (Wildman–Crippen MR) is 94.8 cm³/mol. The Morgan fingerprint density at radius 3 is 2.78 bits per heavy atom. The topological polar surface area (TPSA) is 108 Å². The third-order valence-electron chi connectivity index (χ3n) is 4.23. The lowest BCUT2D eigenvalue weighted by atomic mass is 10.2. The molecular formula is C18H17N7O2. The average molecular weight is 363 g/mol. The molecule has 3 amide bonds. The van der Waals surface area contributed by atoms with Gasteiger partial charge in [0.25, 0.3) is 0 Å². The number of amides is 3. The first-order valence-electron chi connectivity index (χ1n) is 8.51. The lowest BCUT2D eigenvalue weighted by Gasteiger charge is -2.33. The number of nitrogens with one attached hydrogen (secondary N) is 1. The fourth-order valence-corrected chi connectivity index (χ4v) is 2.88. The van der Waals surface area contributed by atoms with E-state index in [0.29, 0.717) is 30.4 Å². The van der Waals surface area contributed by atoms with Crippen LogP contribution < -0.4 is 0 Å². The maximum atomic E-state index is 12.8. The Morgan fingerprint density at radius 1 is 1.07 bits per heavy atom. The molecule has 1 saturated heterocycles. The van der Waals surface area contributed by atoms with Gasteiger partial charge in [0.2, 0.25) is 5.91 Å². The molecule has 0 bridgehead atoms. The van der Waals surface area contributed by atoms with Crippen molar-refractivity contribution < 1.29 is 9.59 Å². The van der Waals surface area contributed by atoms with Gasteiger partial charge in [-0.25, -0.2) is 9.78 Å². The lowest BCUT2D eigenvalue weighted by molar-refractivity contribution is -0.131. The van der Waals surface area contributed by atoms with Crippen LogP contribution in [-0.4, -0.2) is 53.4 Å². The van der Waals surface area contributed by atoms with Gasteiger partial charge in [0, 0.05) is 38.1 Å². The van der Waals surface area contributed by atoms with Crippen LogP contribution in [0.2, 0.25) is 0 Å². The molecular weight excluding hydrogens is 346 g/mol. The lowest BCUT2D eigenvalue weighted by Crippen LogP contribution is -2.51. The van der Waals surface area contributed by atoms with Crippen molar-refractivity contribution in [1.82, 2.24) is 34.9 Å². The maximum Gasteiger partial charge on any atom is 0.327 e. The number of hydrogen-bond acceptors (Lipinski definition) is 6. The van der Waals surface area contributed by atoms with E-state index in [-0.39, 0.29) is 24.9 Å². The van der Waals surface area contributed by atoms with Crippen molar-refractivity contribution in [1.29, 1.82) is 0 Å². The number of pyridine rings is 2. The fraction of sp³-hybridized carbons (Fsp3) is 0.222. The molecule has 1 N–H and O–H groups in total. The summed E-state index contributed by atoms with van der Waals surface area (Å²) in [6.45, 7) is 0.839. The van der Waals surface area contributed by atoms with E-state index in [2.05, 4.69) is 25.1 Å². The summed E-state index contributed by atoms with van der Waals surface area (Å²) in [5.41, 5.74) is 1.53. The number of urea groups is 1. The molecule has 9 heteroatoms. The standard InChI is InChI=1S/C18H17N7O2/c26-16-6-9-24(11-13-4-3-7-19-10-13)18(27)25(16)12-15-21-17(23-22-15)14-5-1-2-8-20-14/h1-5,7-8,10H,6,9,11-12H2,(H,21,22,23). The van der Waals surface area contributed by atoms with E-state index >= 15 is 0 Å². The first-order valence-corrected chi connectivity index (χ1v) is 8.51. The summed E-state index contributed by atoms with van der Waals surface area (Å²) in [5.74, 6) is 0.633. The molecule has 9 nitrogen and oxygen atoms in total. The van der Waals surface area contributed by atoms with Crippen molar-refractivity contribution >= 4 is 11.9 Å². The zero-order valence-corrected chi connectivity index (χ0v) is 14.4. The quantitative estimate of drug-likeness (QED) is 0.738. The highest BCUT2D eigenvalue weighted by molar-refractivity contribution is 5.96. The fourth-order valence-electron chi connectivity index (χ4n) is 2.88. The Morgan fingerprint density at radius 2 is 2.00 bits per heavy atom. The second-order valence-corrected chi connectivity index (χ2v) is 6.12. The number of carbonyl (C=O) groups excluding carboxylic acids is 2. The Balaban J connectivity index is 1.48. The molecule has 136 valence electrons. The molecule has 4 heterocycles. The highest BCUT2D eigenvalue weighted by Crippen LogP contribution is 2.17. The second-order valence-electron chi connectivity index (χ2n) is 6.12. The van der Waals surface area contributed by atoms with Gasteiger partial charge in [0.1, 0.15) is 11.5 Å². The van der Waals surface area contributed by atoms with E-state index < -0.39 is 0 Å². The summed E-state index contributed by atoms with van der Waals surface area (Å²) >= 11 is 0. The largest absolute Gasteiger partial charge is 0.327 e. The molecule has 1 fully saturated rings. The van der Waals surface area contributed by atoms with Crippen LogP contribution in [0, 0.1) is 0 Å². The van der Waals surface area contributed by atoms with Crippen LogP contribution in [0.3, 0.4) is 0 Å². The van der Waals surface area contributed by atoms with Gasteiger partial charge in [-0.1, -0.05) is 12.1 Å². The molecule has 0 aliphatic carbocycles. The van der Waals surface area contributed by atoms with E-state index in [1.165, 1.54) is 4.90 Å². The number of aromatic amines is 1. The maximum absolute atomic E-state index is 12.8. The van der Waals surface area contributed by atoms with Crippen molar-refractivity contribution in [2.24, 2.45) is 0 Å². The predicted octanol–water partition coefficient (Wildman–Crippen LogP) is 1.62. The average Bonchev–Trinajstić information content (AvgIpc) is 3.18. The van der Waals surface area contributed by atoms with Gasteiger partial charge in [-0.2, -0.15) is 5.10 Å². The third-order valence-corrected chi connectivity index (χ3v) is 4.23. The summed E-state index contributed by atoms with van der Waals surface area (Å²) in [4.78, 5) is 40.5. The van der Waals surface area contributed by atoms with Crippen LogP contribution in [0.25, 0.3) is 11.5 Å². The normalized spacial score (nSPS) is 14.7. The molecule has 1 aliphatic rings. The first kappa shape index (κ1) is 16.8. The SMILES string of the molecule is O=C1CCN(Cc2cccnc2)C(=O)N1Cc1nc(-c2ccccn2)n[nH]1. The number of carbonyl (C=O) groups is 2. The molecule has 0 aromatic carbocycles. The monoisotopic (exact) mass is 363 g/mol. The minimum absolute atomic E-state index is 0.0427. The number of H-pyrrole nitrogens is 1. The van der Waals surface area contributed by atoms with E-state index in [1.807, 2.05) is 18.2 Å². The third kappa shape index (κ3) is 3.66. The molecule has 27 heavy (non-hydrogen) atoms. The molecule has 3 aromatic heterocycles. The number of imide groups is 1. The summed E-state index contributed by atoms with van der Waals surface area (Å²) in [6, 6.07) is 8.81. The number of rotatable bonds is 5. The Kier molecular flexibility index (Phi) is 4.56. The molecule has 4 rings (SSSR count). The van der Waals surface area contributed by atoms with Crippen LogP contribution in [-0.2, 0) is 17.9 Å². The van der Waals surface area contributed by atoms with Crippen LogP contribution >= 0.6 is 0 Å². The van der Waals surface area contributed by atoms with Gasteiger partial charge in [0.05, 0.1) is 6.54 Å². The summed E-state index contributed by atoms with van der Waals surface area (Å²) in [5, 5.41) is 6.90. The Bertz CT molecular complexity index is 943. The molecule has 0 radical (unpaired) electrons. The zero-order valence-electron chi connectivity index (χ0n) is 14.4. The van der Waals surface area contributed by atoms with E-state index in [4.69, 9.17) is 0 Å². The summed E-state index contributed by atoms with van der Waals surface area (Å²) in [7, 11) is 0. The molecule has 3 aromatic rings. The van der Waals surface area contributed by atoms with Crippen molar-refractivity contribution in [2.45, 2.75) is 19.5 Å². The molecule has 0 spiro atoms. The highest BCUT2D eigenvalue weighted by Gasteiger charge is 2.32. The van der Waals surface area contributed by atoms with Gasteiger partial charge in [0.15, 0.2) is 5.82 Å². The van der Waals surface area contributed by atoms with Gasteiger partial charge >= 0.3 is 6.03 Å². The zero-order chi connectivity index (χ0) is 18.6. The minimum atomic E-state index is -0.342. The Hall–Kier alpha value is -3.62. The van der Waals surface area contributed by atoms with Crippen LogP contribution in [0.4, 0.5) is 4.79 Å². The Labute approximate surface area is 155 Å². The van der Waals surface area contributed by atoms with Crippen LogP contribution in [0.5, 0.6) is 0 Å². The molecule has 0 atom stereocenters. The molecule has 0 saturated carbocycles. The van der Waals surface area contributed by atoms with Gasteiger partial charge in [-0.3, -0.25) is 24.8 Å². The summed E-state index contributed by atoms with van der Waals surface area (Å²) < 4.78 is 0. The van der Waals surface area contributed by atoms with Gasteiger partial charge in [-0.05, 0) is 23.8 Å². The number of hydrogen-bond donors (Lipinski definition) is 1. The van der Waals surface area contributed by atoms with E-state index in [9.17, 15) is 9.59 Å². The molecule has 0 unspecified atom stereocenters. The number of nitrogens with zero attached hydrogens (tertiary/aromatic N) is 6. The minimum Gasteiger partial charge on any atom is -0.319 e. The van der Waals surface area contributed by atoms with Crippen LogP contribution in [0.1, 0.15) is 17.8 Å². The van der Waals surface area contributed by atoms with Crippen molar-refractivity contribution in [3.05, 3.63) is 60.3 Å².